The number of hydrogen-bond donors (Lipinski definition) is 5. The Balaban J connectivity index is 1.13. The Morgan fingerprint density at radius 3 is 2.00 bits per heavy atom. The molecule has 2 aromatic rings. The number of aryl methyl sites for hydroxylation is 2. The zero-order valence-electron chi connectivity index (χ0n) is 38.1. The van der Waals surface area contributed by atoms with Gasteiger partial charge >= 0.3 is 7.12 Å². The minimum atomic E-state index is -1.20. The van der Waals surface area contributed by atoms with Crippen molar-refractivity contribution in [3.05, 3.63) is 59.7 Å². The van der Waals surface area contributed by atoms with Crippen molar-refractivity contribution in [3.63, 3.8) is 0 Å². The first-order chi connectivity index (χ1) is 29.0. The van der Waals surface area contributed by atoms with Gasteiger partial charge in [-0.25, -0.2) is 0 Å². The van der Waals surface area contributed by atoms with E-state index in [1.807, 2.05) is 6.92 Å². The summed E-state index contributed by atoms with van der Waals surface area (Å²) in [6, 6.07) is 15.1. The first kappa shape index (κ1) is 48.6. The molecule has 1 aliphatic heterocycles. The van der Waals surface area contributed by atoms with E-state index in [1.165, 1.54) is 25.3 Å². The number of rotatable bonds is 25. The zero-order chi connectivity index (χ0) is 44.5. The largest absolute Gasteiger partial charge is 0.461 e. The lowest BCUT2D eigenvalue weighted by Gasteiger charge is -2.64. The van der Waals surface area contributed by atoms with E-state index in [9.17, 15) is 24.3 Å². The van der Waals surface area contributed by atoms with Crippen molar-refractivity contribution in [3.8, 4) is 11.1 Å². The van der Waals surface area contributed by atoms with Crippen molar-refractivity contribution < 1.29 is 33.6 Å². The van der Waals surface area contributed by atoms with E-state index in [0.717, 1.165) is 36.0 Å². The van der Waals surface area contributed by atoms with Crippen molar-refractivity contribution in [2.45, 2.75) is 168 Å². The van der Waals surface area contributed by atoms with Crippen molar-refractivity contribution in [2.75, 3.05) is 13.1 Å². The van der Waals surface area contributed by atoms with Crippen LogP contribution in [0.4, 0.5) is 0 Å². The zero-order valence-corrected chi connectivity index (χ0v) is 38.1. The van der Waals surface area contributed by atoms with Crippen molar-refractivity contribution in [1.82, 2.24) is 10.6 Å². The molecule has 4 aliphatic rings. The van der Waals surface area contributed by atoms with E-state index in [2.05, 4.69) is 86.9 Å². The molecule has 2 amide bonds. The lowest BCUT2D eigenvalue weighted by Crippen LogP contribution is -2.65. The molecule has 1 saturated heterocycles. The number of ketones is 2. The third-order valence-corrected chi connectivity index (χ3v) is 14.4. The third kappa shape index (κ3) is 12.0. The monoisotopic (exact) mass is 843 g/mol. The van der Waals surface area contributed by atoms with Gasteiger partial charge in [0, 0.05) is 24.7 Å². The normalized spacial score (nSPS) is 24.4. The molecule has 11 nitrogen and oxygen atoms in total. The topological polar surface area (TPSA) is 183 Å². The van der Waals surface area contributed by atoms with Crippen LogP contribution in [-0.4, -0.2) is 78.6 Å². The highest BCUT2D eigenvalue weighted by Crippen LogP contribution is 2.66. The maximum Gasteiger partial charge on any atom is 0.461 e. The first-order valence-corrected chi connectivity index (χ1v) is 23.3. The molecular formula is C49H75BN4O7. The summed E-state index contributed by atoms with van der Waals surface area (Å²) in [6.45, 7) is 14.8. The summed E-state index contributed by atoms with van der Waals surface area (Å²) in [5.41, 5.74) is 16.2. The van der Waals surface area contributed by atoms with E-state index < -0.39 is 48.8 Å². The molecule has 0 aromatic heterocycles. The summed E-state index contributed by atoms with van der Waals surface area (Å²) in [4.78, 5) is 54.7. The number of nitrogens with two attached hydrogens (primary N) is 2. The summed E-state index contributed by atoms with van der Waals surface area (Å²) in [7, 11) is -0.501. The number of carbonyl (C=O) groups excluding carboxylic acids is 4. The lowest BCUT2D eigenvalue weighted by molar-refractivity contribution is -0.199. The number of carbonyl (C=O) groups is 4. The van der Waals surface area contributed by atoms with E-state index in [0.29, 0.717) is 63.5 Å². The molecule has 1 heterocycles. The van der Waals surface area contributed by atoms with Gasteiger partial charge in [-0.15, -0.1) is 0 Å². The van der Waals surface area contributed by atoms with E-state index in [4.69, 9.17) is 20.8 Å². The molecular weight excluding hydrogens is 767 g/mol. The summed E-state index contributed by atoms with van der Waals surface area (Å²) >= 11 is 0. The molecule has 3 saturated carbocycles. The minimum Gasteiger partial charge on any atom is -0.405 e. The Morgan fingerprint density at radius 1 is 0.787 bits per heavy atom. The fraction of sp³-hybridized carbons (Fsp3) is 0.673. The van der Waals surface area contributed by atoms with Crippen LogP contribution in [0.3, 0.4) is 0 Å². The molecule has 0 radical (unpaired) electrons. The van der Waals surface area contributed by atoms with Gasteiger partial charge in [0.15, 0.2) is 11.6 Å². The maximum atomic E-state index is 13.8. The number of unbranched alkanes of at least 4 members (excludes halogenated alkanes) is 2. The van der Waals surface area contributed by atoms with E-state index >= 15 is 0 Å². The van der Waals surface area contributed by atoms with Gasteiger partial charge in [0.2, 0.25) is 11.8 Å². The predicted molar refractivity (Wildman–Crippen MR) is 242 cm³/mol. The summed E-state index contributed by atoms with van der Waals surface area (Å²) in [5, 5.41) is 16.4. The van der Waals surface area contributed by atoms with Crippen LogP contribution >= 0.6 is 0 Å². The quantitative estimate of drug-likeness (QED) is 0.0534. The molecule has 4 fully saturated rings. The summed E-state index contributed by atoms with van der Waals surface area (Å²) in [6.07, 6.45) is 7.68. The van der Waals surface area contributed by atoms with E-state index in [-0.39, 0.29) is 47.5 Å². The summed E-state index contributed by atoms with van der Waals surface area (Å²) in [5.74, 6) is -1.83. The van der Waals surface area contributed by atoms with Gasteiger partial charge in [-0.05, 0) is 136 Å². The molecule has 2 aromatic carbocycles. The Bertz CT molecular complexity index is 1770. The predicted octanol–water partition coefficient (Wildman–Crippen LogP) is 6.75. The Labute approximate surface area is 365 Å². The molecule has 6 rings (SSSR count). The van der Waals surface area contributed by atoms with Gasteiger partial charge in [-0.1, -0.05) is 89.6 Å². The van der Waals surface area contributed by atoms with Crippen LogP contribution in [0.15, 0.2) is 48.5 Å². The maximum absolute atomic E-state index is 13.8. The molecule has 12 heteroatoms. The molecule has 2 bridgehead atoms. The summed E-state index contributed by atoms with van der Waals surface area (Å²) < 4.78 is 13.1. The average Bonchev–Trinajstić information content (AvgIpc) is 3.61. The molecule has 336 valence electrons. The molecule has 3 aliphatic carbocycles. The van der Waals surface area contributed by atoms with Crippen LogP contribution in [0.25, 0.3) is 11.1 Å². The first-order valence-electron chi connectivity index (χ1n) is 23.3. The molecule has 61 heavy (non-hydrogen) atoms. The Morgan fingerprint density at radius 2 is 1.43 bits per heavy atom. The van der Waals surface area contributed by atoms with Gasteiger partial charge < -0.3 is 36.5 Å². The third-order valence-electron chi connectivity index (χ3n) is 14.4. The van der Waals surface area contributed by atoms with Crippen LogP contribution in [-0.2, 0) is 41.3 Å². The highest BCUT2D eigenvalue weighted by atomic mass is 16.7. The van der Waals surface area contributed by atoms with Gasteiger partial charge in [0.1, 0.15) is 6.04 Å². The van der Waals surface area contributed by atoms with Gasteiger partial charge in [0.05, 0.1) is 23.9 Å². The van der Waals surface area contributed by atoms with Crippen LogP contribution in [0.5, 0.6) is 0 Å². The second-order valence-electron chi connectivity index (χ2n) is 19.4. The number of Topliss-reactive ketones (excluding diaryl/α,β-unsaturated/α-hetero) is 2. The molecule has 1 unspecified atom stereocenters. The lowest BCUT2D eigenvalue weighted by atomic mass is 9.43. The van der Waals surface area contributed by atoms with E-state index in [1.54, 1.807) is 6.92 Å². The number of benzene rings is 2. The number of hydrogen-bond acceptors (Lipinski definition) is 9. The standard InChI is InChI=1S/C49H75BN4O7/c1-8-9-12-34-14-19-36(20-15-34)37-21-16-35(17-22-37)18-23-38(24-26-52)47(59)54-45(33(4)55)42(57)27-31(2)46(58)53-40(13-10-11-25-51)41(56)28-32(3)50-60-44-30-39-29-43(48(39,5)6)49(44,7)61-50/h14-17,19-22,31-33,38-40,43-45,55H,8-13,18,23-30,51-52H2,1-7H3,(H,53,58)(H,54,59)/t31-,32-,33-,38+,39+,40+,43+,44?,45+,49+/m1/s1. The highest BCUT2D eigenvalue weighted by molar-refractivity contribution is 6.47. The van der Waals surface area contributed by atoms with Crippen LogP contribution in [0.1, 0.15) is 130 Å². The van der Waals surface area contributed by atoms with Gasteiger partial charge in [-0.2, -0.15) is 0 Å². The van der Waals surface area contributed by atoms with Crippen molar-refractivity contribution in [2.24, 2.45) is 40.6 Å². The van der Waals surface area contributed by atoms with Gasteiger partial charge in [-0.3, -0.25) is 19.2 Å². The molecule has 7 N–H and O–H groups in total. The molecule has 10 atom stereocenters. The van der Waals surface area contributed by atoms with Crippen molar-refractivity contribution >= 4 is 30.5 Å². The fourth-order valence-corrected chi connectivity index (χ4v) is 10.1. The number of amides is 2. The SMILES string of the molecule is CCCCc1ccc(-c2ccc(CC[C@@H](CCN)C(=O)N[C@H](C(=O)C[C@@H](C)C(=O)N[C@@H](CCCCN)C(=O)C[C@@H](C)B3OC4C[C@@H]5C[C@@H](C5(C)C)[C@]4(C)O3)[C@@H](C)O)cc2)cc1. The molecule has 0 spiro atoms. The Kier molecular flexibility index (Phi) is 17.4. The second-order valence-corrected chi connectivity index (χ2v) is 19.4. The minimum absolute atomic E-state index is 0.0135. The highest BCUT2D eigenvalue weighted by Gasteiger charge is 2.68. The smallest absolute Gasteiger partial charge is 0.405 e. The number of aliphatic hydroxyl groups is 1. The second kappa shape index (κ2) is 21.8. The Hall–Kier alpha value is -3.42. The van der Waals surface area contributed by atoms with Gasteiger partial charge in [0.25, 0.3) is 0 Å². The number of aliphatic hydroxyl groups excluding tert-OH is 1. The average molecular weight is 843 g/mol. The van der Waals surface area contributed by atoms with Crippen LogP contribution in [0, 0.1) is 29.1 Å². The van der Waals surface area contributed by atoms with Crippen LogP contribution < -0.4 is 22.1 Å². The number of nitrogens with one attached hydrogen (secondary N) is 2. The van der Waals surface area contributed by atoms with Crippen molar-refractivity contribution in [1.29, 1.82) is 0 Å². The fourth-order valence-electron chi connectivity index (χ4n) is 10.1. The van der Waals surface area contributed by atoms with Crippen LogP contribution in [0.2, 0.25) is 5.82 Å².